The van der Waals surface area contributed by atoms with E-state index in [9.17, 15) is 9.59 Å². The molecule has 1 aromatic carbocycles. The monoisotopic (exact) mass is 272 g/mol. The van der Waals surface area contributed by atoms with Crippen LogP contribution in [0.2, 0.25) is 0 Å². The molecule has 0 unspecified atom stereocenters. The van der Waals surface area contributed by atoms with Gasteiger partial charge in [0.05, 0.1) is 11.3 Å². The van der Waals surface area contributed by atoms with Crippen LogP contribution in [0.4, 0.5) is 11.5 Å². The van der Waals surface area contributed by atoms with Gasteiger partial charge in [0.2, 0.25) is 0 Å². The van der Waals surface area contributed by atoms with E-state index in [0.29, 0.717) is 24.5 Å². The number of amides is 1. The average molecular weight is 272 g/mol. The molecular weight excluding hydrogens is 260 g/mol. The number of carbonyl (C=O) groups excluding carboxylic acids is 1. The predicted molar refractivity (Wildman–Crippen MR) is 73.2 cm³/mol. The fourth-order valence-corrected chi connectivity index (χ4v) is 1.95. The first kappa shape index (κ1) is 12.2. The lowest BCUT2D eigenvalue weighted by Crippen LogP contribution is -2.22. The van der Waals surface area contributed by atoms with Gasteiger partial charge in [0.15, 0.2) is 11.6 Å². The van der Waals surface area contributed by atoms with Crippen molar-refractivity contribution in [2.75, 3.05) is 23.8 Å². The smallest absolute Gasteiger partial charge is 0.264 e. The minimum absolute atomic E-state index is 0.274. The number of benzene rings is 1. The summed E-state index contributed by atoms with van der Waals surface area (Å²) in [6, 6.07) is 8.03. The van der Waals surface area contributed by atoms with E-state index < -0.39 is 0 Å². The van der Waals surface area contributed by atoms with Crippen LogP contribution in [-0.2, 0) is 0 Å². The van der Waals surface area contributed by atoms with Crippen molar-refractivity contribution < 1.29 is 9.53 Å². The van der Waals surface area contributed by atoms with Crippen molar-refractivity contribution in [3.63, 3.8) is 0 Å². The summed E-state index contributed by atoms with van der Waals surface area (Å²) in [6.07, 6.45) is 0. The lowest BCUT2D eigenvalue weighted by Gasteiger charge is -2.21. The fourth-order valence-electron chi connectivity index (χ4n) is 1.95. The van der Waals surface area contributed by atoms with Crippen LogP contribution in [0, 0.1) is 0 Å². The lowest BCUT2D eigenvalue weighted by atomic mass is 10.1. The first-order valence-corrected chi connectivity index (χ1v) is 6.11. The van der Waals surface area contributed by atoms with E-state index in [4.69, 9.17) is 4.74 Å². The second-order valence-electron chi connectivity index (χ2n) is 4.22. The van der Waals surface area contributed by atoms with Crippen molar-refractivity contribution >= 4 is 17.4 Å². The van der Waals surface area contributed by atoms with Crippen LogP contribution in [0.5, 0.6) is 5.75 Å². The van der Waals surface area contributed by atoms with Gasteiger partial charge in [-0.25, -0.2) is 5.10 Å². The summed E-state index contributed by atoms with van der Waals surface area (Å²) in [5, 5.41) is 11.8. The molecule has 7 heteroatoms. The lowest BCUT2D eigenvalue weighted by molar-refractivity contribution is 0.102. The number of fused-ring (bicyclic) bond motifs is 1. The van der Waals surface area contributed by atoms with Crippen LogP contribution < -0.4 is 20.9 Å². The molecule has 0 saturated heterocycles. The second-order valence-corrected chi connectivity index (χ2v) is 4.22. The third-order valence-electron chi connectivity index (χ3n) is 2.84. The maximum absolute atomic E-state index is 12.2. The molecule has 0 spiro atoms. The number of carbonyl (C=O) groups is 1. The van der Waals surface area contributed by atoms with Gasteiger partial charge in [0.1, 0.15) is 6.61 Å². The van der Waals surface area contributed by atoms with Crippen molar-refractivity contribution in [2.45, 2.75) is 0 Å². The molecule has 3 rings (SSSR count). The van der Waals surface area contributed by atoms with Crippen LogP contribution >= 0.6 is 0 Å². The zero-order valence-electron chi connectivity index (χ0n) is 10.5. The van der Waals surface area contributed by atoms with E-state index in [1.807, 2.05) is 6.07 Å². The van der Waals surface area contributed by atoms with Crippen molar-refractivity contribution in [3.8, 4) is 5.75 Å². The molecule has 102 valence electrons. The summed E-state index contributed by atoms with van der Waals surface area (Å²) in [5.41, 5.74) is 0.883. The van der Waals surface area contributed by atoms with E-state index >= 15 is 0 Å². The van der Waals surface area contributed by atoms with Crippen LogP contribution in [-0.4, -0.2) is 29.3 Å². The minimum atomic E-state index is -0.343. The number of para-hydroxylation sites is 1. The van der Waals surface area contributed by atoms with Crippen molar-refractivity contribution in [1.82, 2.24) is 10.2 Å². The molecule has 0 fully saturated rings. The number of nitrogens with zero attached hydrogens (tertiary/aromatic N) is 1. The Labute approximate surface area is 114 Å². The Morgan fingerprint density at radius 2 is 2.20 bits per heavy atom. The third kappa shape index (κ3) is 2.33. The highest BCUT2D eigenvalue weighted by Gasteiger charge is 2.19. The largest absolute Gasteiger partial charge is 0.489 e. The summed E-state index contributed by atoms with van der Waals surface area (Å²) < 4.78 is 5.53. The molecule has 1 aliphatic rings. The zero-order chi connectivity index (χ0) is 13.9. The van der Waals surface area contributed by atoms with Crippen molar-refractivity contribution in [2.24, 2.45) is 0 Å². The van der Waals surface area contributed by atoms with E-state index in [0.717, 1.165) is 5.69 Å². The Balaban J connectivity index is 1.87. The molecule has 0 atom stereocenters. The fraction of sp³-hybridized carbons (Fsp3) is 0.154. The number of hydrogen-bond acceptors (Lipinski definition) is 5. The Morgan fingerprint density at radius 3 is 3.00 bits per heavy atom. The highest BCUT2D eigenvalue weighted by atomic mass is 16.5. The standard InChI is InChI=1S/C13H12N4O3/c18-11-5-4-10(16-17-11)15-13(19)8-2-1-3-9-12(8)20-7-6-14-9/h1-5,14H,6-7H2,(H,17,18)(H,15,16,19). The van der Waals surface area contributed by atoms with Crippen LogP contribution in [0.15, 0.2) is 35.1 Å². The van der Waals surface area contributed by atoms with E-state index in [1.165, 1.54) is 12.1 Å². The topological polar surface area (TPSA) is 96.1 Å². The molecule has 7 nitrogen and oxygen atoms in total. The van der Waals surface area contributed by atoms with Gasteiger partial charge >= 0.3 is 0 Å². The molecule has 0 bridgehead atoms. The normalized spacial score (nSPS) is 12.8. The molecule has 0 aliphatic carbocycles. The van der Waals surface area contributed by atoms with E-state index in [-0.39, 0.29) is 17.3 Å². The average Bonchev–Trinajstić information content (AvgIpc) is 2.49. The summed E-state index contributed by atoms with van der Waals surface area (Å²) in [5.74, 6) is 0.460. The van der Waals surface area contributed by atoms with Crippen LogP contribution in [0.3, 0.4) is 0 Å². The summed E-state index contributed by atoms with van der Waals surface area (Å²) in [4.78, 5) is 23.1. The molecule has 3 N–H and O–H groups in total. The molecule has 2 aromatic rings. The van der Waals surface area contributed by atoms with Crippen LogP contribution in [0.1, 0.15) is 10.4 Å². The number of ether oxygens (including phenoxy) is 1. The van der Waals surface area contributed by atoms with Gasteiger partial charge in [-0.1, -0.05) is 6.07 Å². The zero-order valence-corrected chi connectivity index (χ0v) is 10.5. The van der Waals surface area contributed by atoms with E-state index in [2.05, 4.69) is 20.8 Å². The van der Waals surface area contributed by atoms with Gasteiger partial charge < -0.3 is 15.4 Å². The first-order valence-electron chi connectivity index (χ1n) is 6.11. The molecule has 0 saturated carbocycles. The summed E-state index contributed by atoms with van der Waals surface area (Å²) in [6.45, 7) is 1.22. The molecule has 20 heavy (non-hydrogen) atoms. The number of anilines is 2. The van der Waals surface area contributed by atoms with Gasteiger partial charge in [-0.05, 0) is 18.2 Å². The number of hydrogen-bond donors (Lipinski definition) is 3. The Morgan fingerprint density at radius 1 is 1.30 bits per heavy atom. The number of nitrogens with one attached hydrogen (secondary N) is 3. The molecular formula is C13H12N4O3. The molecule has 2 heterocycles. The molecule has 1 aromatic heterocycles. The number of aromatic nitrogens is 2. The first-order chi connectivity index (χ1) is 9.74. The highest BCUT2D eigenvalue weighted by Crippen LogP contribution is 2.31. The van der Waals surface area contributed by atoms with Gasteiger partial charge in [0, 0.05) is 12.6 Å². The number of aromatic amines is 1. The quantitative estimate of drug-likeness (QED) is 0.752. The van der Waals surface area contributed by atoms with Gasteiger partial charge in [-0.15, -0.1) is 0 Å². The maximum atomic E-state index is 12.2. The molecule has 1 amide bonds. The van der Waals surface area contributed by atoms with Crippen molar-refractivity contribution in [1.29, 1.82) is 0 Å². The van der Waals surface area contributed by atoms with Gasteiger partial charge in [0.25, 0.3) is 11.5 Å². The number of H-pyrrole nitrogens is 1. The van der Waals surface area contributed by atoms with Gasteiger partial charge in [-0.3, -0.25) is 9.59 Å². The van der Waals surface area contributed by atoms with E-state index in [1.54, 1.807) is 12.1 Å². The maximum Gasteiger partial charge on any atom is 0.264 e. The SMILES string of the molecule is O=C(Nc1ccc(=O)[nH]n1)c1cccc2c1OCCN2. The van der Waals surface area contributed by atoms with Crippen molar-refractivity contribution in [3.05, 3.63) is 46.2 Å². The highest BCUT2D eigenvalue weighted by molar-refractivity contribution is 6.06. The minimum Gasteiger partial charge on any atom is -0.489 e. The Hall–Kier alpha value is -2.83. The third-order valence-corrected chi connectivity index (χ3v) is 2.84. The van der Waals surface area contributed by atoms with Crippen LogP contribution in [0.25, 0.3) is 0 Å². The van der Waals surface area contributed by atoms with Gasteiger partial charge in [-0.2, -0.15) is 5.10 Å². The predicted octanol–water partition coefficient (Wildman–Crippen LogP) is 0.826. The second kappa shape index (κ2) is 5.04. The molecule has 1 aliphatic heterocycles. The summed E-state index contributed by atoms with van der Waals surface area (Å²) in [7, 11) is 0. The Kier molecular flexibility index (Phi) is 3.08. The summed E-state index contributed by atoms with van der Waals surface area (Å²) >= 11 is 0. The Bertz CT molecular complexity index is 691. The number of rotatable bonds is 2. The molecule has 0 radical (unpaired) electrons.